The van der Waals surface area contributed by atoms with Gasteiger partial charge >= 0.3 is 0 Å². The molecule has 0 aliphatic rings. The van der Waals surface area contributed by atoms with E-state index in [1.54, 1.807) is 26.0 Å². The lowest BCUT2D eigenvalue weighted by atomic mass is 10.1. The number of hydrogen-bond acceptors (Lipinski definition) is 5. The fourth-order valence-corrected chi connectivity index (χ4v) is 2.28. The van der Waals surface area contributed by atoms with E-state index in [-0.39, 0.29) is 6.04 Å². The summed E-state index contributed by atoms with van der Waals surface area (Å²) in [6.45, 7) is 2.76. The third kappa shape index (κ3) is 3.51. The van der Waals surface area contributed by atoms with Crippen molar-refractivity contribution < 1.29 is 14.2 Å². The Balaban J connectivity index is 2.12. The lowest BCUT2D eigenvalue weighted by molar-refractivity contribution is 0.323. The van der Waals surface area contributed by atoms with E-state index in [2.05, 4.69) is 17.3 Å². The Hall–Kier alpha value is -2.21. The lowest BCUT2D eigenvalue weighted by Crippen LogP contribution is -2.18. The van der Waals surface area contributed by atoms with E-state index in [4.69, 9.17) is 14.2 Å². The molecule has 0 amide bonds. The van der Waals surface area contributed by atoms with Crippen molar-refractivity contribution in [2.24, 2.45) is 7.05 Å². The van der Waals surface area contributed by atoms with Crippen LogP contribution in [-0.4, -0.2) is 31.1 Å². The van der Waals surface area contributed by atoms with E-state index < -0.39 is 0 Å². The van der Waals surface area contributed by atoms with Gasteiger partial charge in [0.2, 0.25) is 5.75 Å². The van der Waals surface area contributed by atoms with Crippen LogP contribution in [0.4, 0.5) is 0 Å². The molecular formula is C16H23N3O3. The second-order valence-corrected chi connectivity index (χ2v) is 5.05. The van der Waals surface area contributed by atoms with Crippen LogP contribution >= 0.6 is 0 Å². The molecule has 0 spiro atoms. The van der Waals surface area contributed by atoms with Gasteiger partial charge in [0.15, 0.2) is 11.5 Å². The number of hydrogen-bond donors (Lipinski definition) is 1. The van der Waals surface area contributed by atoms with E-state index in [9.17, 15) is 0 Å². The highest BCUT2D eigenvalue weighted by atomic mass is 16.5. The van der Waals surface area contributed by atoms with Gasteiger partial charge in [-0.15, -0.1) is 0 Å². The average Bonchev–Trinajstić information content (AvgIpc) is 2.97. The zero-order chi connectivity index (χ0) is 16.1. The summed E-state index contributed by atoms with van der Waals surface area (Å²) < 4.78 is 17.9. The Kier molecular flexibility index (Phi) is 5.27. The first-order chi connectivity index (χ1) is 10.6. The number of nitrogens with one attached hydrogen (secondary N) is 1. The van der Waals surface area contributed by atoms with Crippen molar-refractivity contribution >= 4 is 0 Å². The molecule has 0 bridgehead atoms. The Morgan fingerprint density at radius 3 is 2.23 bits per heavy atom. The third-order valence-electron chi connectivity index (χ3n) is 3.51. The summed E-state index contributed by atoms with van der Waals surface area (Å²) >= 11 is 0. The number of benzene rings is 1. The monoisotopic (exact) mass is 305 g/mol. The Morgan fingerprint density at radius 1 is 1.14 bits per heavy atom. The summed E-state index contributed by atoms with van der Waals surface area (Å²) in [5.74, 6) is 1.92. The number of ether oxygens (including phenoxy) is 3. The quantitative estimate of drug-likeness (QED) is 0.850. The molecule has 0 fully saturated rings. The molecule has 0 aliphatic carbocycles. The van der Waals surface area contributed by atoms with Gasteiger partial charge < -0.3 is 19.5 Å². The van der Waals surface area contributed by atoms with Gasteiger partial charge in [-0.3, -0.25) is 4.68 Å². The molecule has 22 heavy (non-hydrogen) atoms. The minimum Gasteiger partial charge on any atom is -0.493 e. The fourth-order valence-electron chi connectivity index (χ4n) is 2.28. The van der Waals surface area contributed by atoms with Crippen molar-refractivity contribution in [2.45, 2.75) is 19.5 Å². The van der Waals surface area contributed by atoms with Crippen LogP contribution in [0.1, 0.15) is 24.2 Å². The summed E-state index contributed by atoms with van der Waals surface area (Å²) in [6.07, 6.45) is 1.94. The van der Waals surface area contributed by atoms with E-state index in [1.165, 1.54) is 0 Å². The van der Waals surface area contributed by atoms with Crippen molar-refractivity contribution in [3.8, 4) is 17.2 Å². The summed E-state index contributed by atoms with van der Waals surface area (Å²) in [6, 6.07) is 6.05. The van der Waals surface area contributed by atoms with Gasteiger partial charge in [-0.2, -0.15) is 5.10 Å². The summed E-state index contributed by atoms with van der Waals surface area (Å²) in [5, 5.41) is 7.84. The number of rotatable bonds is 7. The number of methoxy groups -OCH3 is 3. The minimum absolute atomic E-state index is 0.153. The number of aryl methyl sites for hydroxylation is 1. The highest BCUT2D eigenvalue weighted by Gasteiger charge is 2.14. The van der Waals surface area contributed by atoms with Crippen molar-refractivity contribution in [1.29, 1.82) is 0 Å². The SMILES string of the molecule is COc1cc(CNC(C)c2ccn(C)n2)cc(OC)c1OC. The molecule has 1 heterocycles. The van der Waals surface area contributed by atoms with Crippen LogP contribution in [0.25, 0.3) is 0 Å². The number of aromatic nitrogens is 2. The van der Waals surface area contributed by atoms with Crippen LogP contribution in [0.3, 0.4) is 0 Å². The third-order valence-corrected chi connectivity index (χ3v) is 3.51. The van der Waals surface area contributed by atoms with Crippen molar-refractivity contribution in [3.05, 3.63) is 35.7 Å². The van der Waals surface area contributed by atoms with Gasteiger partial charge in [0.1, 0.15) is 0 Å². The molecular weight excluding hydrogens is 282 g/mol. The van der Waals surface area contributed by atoms with Gasteiger partial charge in [0.05, 0.1) is 27.0 Å². The predicted octanol–water partition coefficient (Wildman–Crippen LogP) is 2.30. The minimum atomic E-state index is 0.153. The fraction of sp³-hybridized carbons (Fsp3) is 0.438. The molecule has 1 atom stereocenters. The Morgan fingerprint density at radius 2 is 1.77 bits per heavy atom. The summed E-state index contributed by atoms with van der Waals surface area (Å²) in [7, 11) is 6.74. The van der Waals surface area contributed by atoms with Crippen molar-refractivity contribution in [1.82, 2.24) is 15.1 Å². The van der Waals surface area contributed by atoms with Gasteiger partial charge in [-0.25, -0.2) is 0 Å². The van der Waals surface area contributed by atoms with E-state index in [1.807, 2.05) is 31.4 Å². The normalized spacial score (nSPS) is 12.0. The van der Waals surface area contributed by atoms with Crippen LogP contribution in [0.5, 0.6) is 17.2 Å². The zero-order valence-electron chi connectivity index (χ0n) is 13.7. The molecule has 1 N–H and O–H groups in total. The maximum absolute atomic E-state index is 5.37. The standard InChI is InChI=1S/C16H23N3O3/c1-11(13-6-7-19(2)18-13)17-10-12-8-14(20-3)16(22-5)15(9-12)21-4/h6-9,11,17H,10H2,1-5H3. The molecule has 2 aromatic rings. The van der Waals surface area contributed by atoms with Gasteiger partial charge in [0.25, 0.3) is 0 Å². The molecule has 1 aromatic carbocycles. The summed E-state index contributed by atoms with van der Waals surface area (Å²) in [4.78, 5) is 0. The first-order valence-electron chi connectivity index (χ1n) is 7.10. The molecule has 120 valence electrons. The van der Waals surface area contributed by atoms with Crippen molar-refractivity contribution in [2.75, 3.05) is 21.3 Å². The van der Waals surface area contributed by atoms with Crippen LogP contribution in [-0.2, 0) is 13.6 Å². The van der Waals surface area contributed by atoms with Crippen molar-refractivity contribution in [3.63, 3.8) is 0 Å². The molecule has 2 rings (SSSR count). The average molecular weight is 305 g/mol. The molecule has 1 unspecified atom stereocenters. The van der Waals surface area contributed by atoms with E-state index in [0.717, 1.165) is 11.3 Å². The van der Waals surface area contributed by atoms with Gasteiger partial charge in [0, 0.05) is 25.8 Å². The van der Waals surface area contributed by atoms with Crippen LogP contribution in [0, 0.1) is 0 Å². The molecule has 6 nitrogen and oxygen atoms in total. The van der Waals surface area contributed by atoms with Gasteiger partial charge in [-0.1, -0.05) is 0 Å². The molecule has 1 aromatic heterocycles. The smallest absolute Gasteiger partial charge is 0.203 e. The van der Waals surface area contributed by atoms with Gasteiger partial charge in [-0.05, 0) is 30.7 Å². The first-order valence-corrected chi connectivity index (χ1v) is 7.10. The van der Waals surface area contributed by atoms with E-state index in [0.29, 0.717) is 23.8 Å². The summed E-state index contributed by atoms with van der Waals surface area (Å²) in [5.41, 5.74) is 2.06. The molecule has 6 heteroatoms. The zero-order valence-corrected chi connectivity index (χ0v) is 13.7. The second-order valence-electron chi connectivity index (χ2n) is 5.05. The topological polar surface area (TPSA) is 57.5 Å². The largest absolute Gasteiger partial charge is 0.493 e. The molecule has 0 aliphatic heterocycles. The van der Waals surface area contributed by atoms with Crippen LogP contribution in [0.2, 0.25) is 0 Å². The Labute approximate surface area is 131 Å². The Bertz CT molecular complexity index is 600. The van der Waals surface area contributed by atoms with E-state index >= 15 is 0 Å². The highest BCUT2D eigenvalue weighted by Crippen LogP contribution is 2.38. The second kappa shape index (κ2) is 7.17. The number of nitrogens with zero attached hydrogens (tertiary/aromatic N) is 2. The molecule has 0 radical (unpaired) electrons. The molecule has 0 saturated carbocycles. The van der Waals surface area contributed by atoms with Crippen LogP contribution in [0.15, 0.2) is 24.4 Å². The first kappa shape index (κ1) is 16.2. The molecule has 0 saturated heterocycles. The predicted molar refractivity (Wildman–Crippen MR) is 84.6 cm³/mol. The highest BCUT2D eigenvalue weighted by molar-refractivity contribution is 5.53. The maximum Gasteiger partial charge on any atom is 0.203 e. The van der Waals surface area contributed by atoms with Crippen LogP contribution < -0.4 is 19.5 Å². The lowest BCUT2D eigenvalue weighted by Gasteiger charge is -2.16. The maximum atomic E-state index is 5.37.